The van der Waals surface area contributed by atoms with Crippen molar-refractivity contribution >= 4 is 33.7 Å². The van der Waals surface area contributed by atoms with Gasteiger partial charge in [-0.05, 0) is 19.4 Å². The van der Waals surface area contributed by atoms with Gasteiger partial charge in [-0.3, -0.25) is 9.59 Å². The van der Waals surface area contributed by atoms with Gasteiger partial charge in [-0.2, -0.15) is 0 Å². The van der Waals surface area contributed by atoms with Crippen molar-refractivity contribution < 1.29 is 27.1 Å². The minimum atomic E-state index is -2.27. The third-order valence-corrected chi connectivity index (χ3v) is 2.84. The van der Waals surface area contributed by atoms with Crippen molar-refractivity contribution in [1.82, 2.24) is 0 Å². The minimum Gasteiger partial charge on any atom is -0.306 e. The molecular formula is C8H12O6S2. The Morgan fingerprint density at radius 1 is 0.938 bits per heavy atom. The molecule has 2 unspecified atom stereocenters. The highest BCUT2D eigenvalue weighted by Crippen LogP contribution is 2.10. The van der Waals surface area contributed by atoms with Crippen LogP contribution in [0.3, 0.4) is 0 Å². The van der Waals surface area contributed by atoms with Crippen LogP contribution in [0.4, 0.5) is 0 Å². The van der Waals surface area contributed by atoms with Gasteiger partial charge in [-0.1, -0.05) is 0 Å². The van der Waals surface area contributed by atoms with Crippen LogP contribution in [0.1, 0.15) is 13.8 Å². The topological polar surface area (TPSA) is 109 Å². The van der Waals surface area contributed by atoms with Crippen molar-refractivity contribution in [2.75, 3.05) is 11.5 Å². The number of Topliss-reactive ketones (excluding diaryl/α,β-unsaturated/α-hetero) is 2. The van der Waals surface area contributed by atoms with Gasteiger partial charge in [-0.25, -0.2) is 8.42 Å². The molecule has 0 heterocycles. The van der Waals surface area contributed by atoms with Crippen molar-refractivity contribution in [2.45, 2.75) is 13.8 Å². The normalized spacial score (nSPS) is 14.0. The van der Waals surface area contributed by atoms with Crippen LogP contribution in [-0.2, 0) is 31.7 Å². The second kappa shape index (κ2) is 6.79. The van der Waals surface area contributed by atoms with Crippen LogP contribution in [0.2, 0.25) is 0 Å². The lowest BCUT2D eigenvalue weighted by atomic mass is 10.0. The lowest BCUT2D eigenvalue weighted by molar-refractivity contribution is -0.119. The molecule has 0 bridgehead atoms. The van der Waals surface area contributed by atoms with E-state index >= 15 is 0 Å². The smallest absolute Gasteiger partial charge is 0.163 e. The van der Waals surface area contributed by atoms with Crippen molar-refractivity contribution in [3.63, 3.8) is 0 Å². The average Bonchev–Trinajstić information content (AvgIpc) is 1.98. The molecule has 0 saturated heterocycles. The molecule has 8 heteroatoms. The maximum atomic E-state index is 11.1. The Labute approximate surface area is 97.7 Å². The third kappa shape index (κ3) is 5.40. The fourth-order valence-electron chi connectivity index (χ4n) is 1.23. The molecule has 0 aliphatic rings. The van der Waals surface area contributed by atoms with Gasteiger partial charge in [0.05, 0.1) is 17.1 Å². The molecule has 0 aliphatic heterocycles. The highest BCUT2D eigenvalue weighted by Gasteiger charge is 2.19. The maximum Gasteiger partial charge on any atom is 0.163 e. The number of rotatable bonds is 6. The van der Waals surface area contributed by atoms with Crippen LogP contribution in [0.25, 0.3) is 0 Å². The van der Waals surface area contributed by atoms with Crippen LogP contribution in [-0.4, -0.2) is 40.6 Å². The van der Waals surface area contributed by atoms with Gasteiger partial charge in [0.25, 0.3) is 0 Å². The number of ketones is 2. The van der Waals surface area contributed by atoms with Gasteiger partial charge in [0.1, 0.15) is 0 Å². The van der Waals surface area contributed by atoms with Crippen LogP contribution >= 0.6 is 0 Å². The monoisotopic (exact) mass is 268 g/mol. The summed E-state index contributed by atoms with van der Waals surface area (Å²) >= 11 is -4.55. The fraction of sp³-hybridized carbons (Fsp3) is 0.500. The minimum absolute atomic E-state index is 0.0679. The van der Waals surface area contributed by atoms with E-state index in [-0.39, 0.29) is 11.1 Å². The number of hydrogen-bond donors (Lipinski definition) is 2. The highest BCUT2D eigenvalue weighted by atomic mass is 32.2. The number of carbonyl (C=O) groups is 2. The number of hydrogen-bond acceptors (Lipinski definition) is 4. The Balaban J connectivity index is 5.43. The first kappa shape index (κ1) is 15.3. The summed E-state index contributed by atoms with van der Waals surface area (Å²) in [5.74, 6) is -2.14. The molecule has 0 saturated carbocycles. The summed E-state index contributed by atoms with van der Waals surface area (Å²) in [6.07, 6.45) is 0. The molecule has 0 rings (SSSR count). The summed E-state index contributed by atoms with van der Waals surface area (Å²) in [6.45, 7) is 2.24. The van der Waals surface area contributed by atoms with Gasteiger partial charge in [0, 0.05) is 0 Å². The zero-order valence-electron chi connectivity index (χ0n) is 8.76. The molecule has 92 valence electrons. The molecule has 0 aromatic heterocycles. The second-order valence-electron chi connectivity index (χ2n) is 3.02. The molecule has 0 aromatic carbocycles. The van der Waals surface area contributed by atoms with E-state index in [2.05, 4.69) is 0 Å². The van der Waals surface area contributed by atoms with E-state index in [0.29, 0.717) is 0 Å². The maximum absolute atomic E-state index is 11.1. The summed E-state index contributed by atoms with van der Waals surface area (Å²) in [7, 11) is 0. The fourth-order valence-corrected chi connectivity index (χ4v) is 2.45. The van der Waals surface area contributed by atoms with Crippen molar-refractivity contribution in [2.24, 2.45) is 0 Å². The van der Waals surface area contributed by atoms with Gasteiger partial charge < -0.3 is 9.11 Å². The summed E-state index contributed by atoms with van der Waals surface area (Å²) in [5.41, 5.74) is -0.341. The number of allylic oxidation sites excluding steroid dienone is 1. The van der Waals surface area contributed by atoms with Crippen LogP contribution in [0.15, 0.2) is 11.1 Å². The van der Waals surface area contributed by atoms with E-state index in [9.17, 15) is 18.0 Å². The Hall–Kier alpha value is -0.700. The molecule has 0 fully saturated rings. The Bertz CT molecular complexity index is 350. The van der Waals surface area contributed by atoms with E-state index in [4.69, 9.17) is 9.11 Å². The highest BCUT2D eigenvalue weighted by molar-refractivity contribution is 7.80. The summed E-state index contributed by atoms with van der Waals surface area (Å²) in [4.78, 5) is 22.3. The summed E-state index contributed by atoms with van der Waals surface area (Å²) < 4.78 is 38.6. The summed E-state index contributed by atoms with van der Waals surface area (Å²) in [5, 5.41) is 0. The average molecular weight is 268 g/mol. The zero-order valence-corrected chi connectivity index (χ0v) is 10.4. The molecule has 2 N–H and O–H groups in total. The van der Waals surface area contributed by atoms with Gasteiger partial charge in [0.2, 0.25) is 0 Å². The second-order valence-corrected chi connectivity index (χ2v) is 4.89. The largest absolute Gasteiger partial charge is 0.306 e. The molecule has 2 atom stereocenters. The molecular weight excluding hydrogens is 256 g/mol. The standard InChI is InChI=1S/C8H12O6S2/c1-5(9)8(6(2)10)7(3-15(11)12)4-16(13)14/h3-4H2,1-2H3,(H,11,12)(H,13,14). The first-order chi connectivity index (χ1) is 7.25. The zero-order chi connectivity index (χ0) is 12.9. The lowest BCUT2D eigenvalue weighted by Crippen LogP contribution is -2.17. The van der Waals surface area contributed by atoms with Crippen LogP contribution in [0.5, 0.6) is 0 Å². The Morgan fingerprint density at radius 2 is 1.25 bits per heavy atom. The van der Waals surface area contributed by atoms with E-state index in [0.717, 1.165) is 13.8 Å². The quantitative estimate of drug-likeness (QED) is 0.301. The SMILES string of the molecule is CC(=O)C(C(C)=O)=C(CS(=O)O)CS(=O)O. The van der Waals surface area contributed by atoms with Gasteiger partial charge in [-0.15, -0.1) is 0 Å². The first-order valence-electron chi connectivity index (χ1n) is 4.14. The van der Waals surface area contributed by atoms with Crippen molar-refractivity contribution in [3.05, 3.63) is 11.1 Å². The molecule has 6 nitrogen and oxygen atoms in total. The van der Waals surface area contributed by atoms with E-state index in [1.165, 1.54) is 0 Å². The number of carbonyl (C=O) groups excluding carboxylic acids is 2. The van der Waals surface area contributed by atoms with E-state index in [1.54, 1.807) is 0 Å². The predicted molar refractivity (Wildman–Crippen MR) is 59.7 cm³/mol. The van der Waals surface area contributed by atoms with Crippen LogP contribution in [0, 0.1) is 0 Å². The third-order valence-electron chi connectivity index (χ3n) is 1.65. The van der Waals surface area contributed by atoms with Crippen molar-refractivity contribution in [1.29, 1.82) is 0 Å². The molecule has 0 amide bonds. The predicted octanol–water partition coefficient (Wildman–Crippen LogP) is -0.0956. The molecule has 0 aromatic rings. The lowest BCUT2D eigenvalue weighted by Gasteiger charge is -2.07. The molecule has 0 radical (unpaired) electrons. The van der Waals surface area contributed by atoms with Gasteiger partial charge >= 0.3 is 0 Å². The van der Waals surface area contributed by atoms with E-state index in [1.807, 2.05) is 0 Å². The first-order valence-corrected chi connectivity index (χ1v) is 6.69. The summed E-state index contributed by atoms with van der Waals surface area (Å²) in [6, 6.07) is 0. The Kier molecular flexibility index (Phi) is 6.49. The van der Waals surface area contributed by atoms with Gasteiger partial charge in [0.15, 0.2) is 33.7 Å². The van der Waals surface area contributed by atoms with Crippen LogP contribution < -0.4 is 0 Å². The Morgan fingerprint density at radius 3 is 1.44 bits per heavy atom. The van der Waals surface area contributed by atoms with Crippen molar-refractivity contribution in [3.8, 4) is 0 Å². The molecule has 16 heavy (non-hydrogen) atoms. The van der Waals surface area contributed by atoms with E-state index < -0.39 is 45.2 Å². The molecule has 0 aliphatic carbocycles. The molecule has 0 spiro atoms.